The Bertz CT molecular complexity index is 720. The average Bonchev–Trinajstić information content (AvgIpc) is 3.17. The Labute approximate surface area is 129 Å². The Morgan fingerprint density at radius 2 is 2.14 bits per heavy atom. The lowest BCUT2D eigenvalue weighted by Crippen LogP contribution is -2.30. The summed E-state index contributed by atoms with van der Waals surface area (Å²) < 4.78 is 7.21. The van der Waals surface area contributed by atoms with Crippen molar-refractivity contribution in [3.63, 3.8) is 0 Å². The summed E-state index contributed by atoms with van der Waals surface area (Å²) in [7, 11) is 0. The molecule has 0 amide bonds. The van der Waals surface area contributed by atoms with Gasteiger partial charge in [-0.05, 0) is 25.5 Å². The van der Waals surface area contributed by atoms with Gasteiger partial charge in [-0.15, -0.1) is 0 Å². The van der Waals surface area contributed by atoms with Crippen LogP contribution in [0.25, 0.3) is 11.4 Å². The Morgan fingerprint density at radius 1 is 1.27 bits per heavy atom. The first-order valence-corrected chi connectivity index (χ1v) is 7.32. The maximum absolute atomic E-state index is 5.31. The van der Waals surface area contributed by atoms with Crippen LogP contribution in [0.5, 0.6) is 0 Å². The molecule has 0 fully saturated rings. The molecule has 0 saturated carbocycles. The molecule has 2 aromatic heterocycles. The molecule has 0 aliphatic carbocycles. The lowest BCUT2D eigenvalue weighted by atomic mass is 10.1. The topological polar surface area (TPSA) is 68.8 Å². The molecule has 1 aromatic carbocycles. The highest BCUT2D eigenvalue weighted by atomic mass is 16.5. The van der Waals surface area contributed by atoms with Gasteiger partial charge in [-0.25, -0.2) is 0 Å². The molecule has 2 heterocycles. The van der Waals surface area contributed by atoms with Crippen molar-refractivity contribution in [3.8, 4) is 11.4 Å². The second-order valence-corrected chi connectivity index (χ2v) is 5.34. The zero-order chi connectivity index (χ0) is 15.4. The molecule has 0 aliphatic heterocycles. The van der Waals surface area contributed by atoms with E-state index in [-0.39, 0.29) is 6.04 Å². The Balaban J connectivity index is 1.59. The number of hydrogen-bond acceptors (Lipinski definition) is 5. The van der Waals surface area contributed by atoms with Crippen LogP contribution in [0.4, 0.5) is 0 Å². The first-order chi connectivity index (χ1) is 10.7. The Kier molecular flexibility index (Phi) is 4.29. The van der Waals surface area contributed by atoms with Gasteiger partial charge in [-0.1, -0.05) is 29.4 Å². The first-order valence-electron chi connectivity index (χ1n) is 7.32. The molecule has 1 atom stereocenters. The molecule has 0 spiro atoms. The SMILES string of the molecule is Cc1ccccc1-c1noc(CN[C@H](C)Cn2cccn2)n1. The van der Waals surface area contributed by atoms with Gasteiger partial charge in [0.25, 0.3) is 0 Å². The summed E-state index contributed by atoms with van der Waals surface area (Å²) in [6.07, 6.45) is 3.72. The molecule has 0 radical (unpaired) electrons. The zero-order valence-electron chi connectivity index (χ0n) is 12.7. The first kappa shape index (κ1) is 14.5. The van der Waals surface area contributed by atoms with E-state index in [1.807, 2.05) is 48.1 Å². The van der Waals surface area contributed by atoms with Crippen LogP contribution in [0.1, 0.15) is 18.4 Å². The fourth-order valence-corrected chi connectivity index (χ4v) is 2.27. The third-order valence-corrected chi connectivity index (χ3v) is 3.48. The highest BCUT2D eigenvalue weighted by molar-refractivity contribution is 5.58. The van der Waals surface area contributed by atoms with Gasteiger partial charge >= 0.3 is 0 Å². The molecule has 0 unspecified atom stereocenters. The third kappa shape index (κ3) is 3.40. The van der Waals surface area contributed by atoms with Gasteiger partial charge in [0.05, 0.1) is 13.1 Å². The van der Waals surface area contributed by atoms with E-state index in [4.69, 9.17) is 4.52 Å². The highest BCUT2D eigenvalue weighted by Gasteiger charge is 2.11. The minimum absolute atomic E-state index is 0.258. The second-order valence-electron chi connectivity index (χ2n) is 5.34. The lowest BCUT2D eigenvalue weighted by molar-refractivity contribution is 0.350. The van der Waals surface area contributed by atoms with Crippen LogP contribution in [-0.2, 0) is 13.1 Å². The van der Waals surface area contributed by atoms with E-state index >= 15 is 0 Å². The van der Waals surface area contributed by atoms with E-state index in [0.29, 0.717) is 18.3 Å². The normalized spacial score (nSPS) is 12.5. The average molecular weight is 297 g/mol. The van der Waals surface area contributed by atoms with Crippen LogP contribution >= 0.6 is 0 Å². The third-order valence-electron chi connectivity index (χ3n) is 3.48. The molecule has 6 nitrogen and oxygen atoms in total. The van der Waals surface area contributed by atoms with E-state index in [2.05, 4.69) is 27.5 Å². The monoisotopic (exact) mass is 297 g/mol. The van der Waals surface area contributed by atoms with E-state index in [9.17, 15) is 0 Å². The molecular weight excluding hydrogens is 278 g/mol. The molecule has 0 saturated heterocycles. The zero-order valence-corrected chi connectivity index (χ0v) is 12.7. The van der Waals surface area contributed by atoms with Crippen LogP contribution in [0, 0.1) is 6.92 Å². The van der Waals surface area contributed by atoms with E-state index < -0.39 is 0 Å². The largest absolute Gasteiger partial charge is 0.338 e. The summed E-state index contributed by atoms with van der Waals surface area (Å²) in [5.74, 6) is 1.22. The molecule has 114 valence electrons. The van der Waals surface area contributed by atoms with Gasteiger partial charge in [-0.2, -0.15) is 10.1 Å². The summed E-state index contributed by atoms with van der Waals surface area (Å²) in [5.41, 5.74) is 2.14. The van der Waals surface area contributed by atoms with Crippen LogP contribution in [0.3, 0.4) is 0 Å². The Hall–Kier alpha value is -2.47. The molecule has 1 N–H and O–H groups in total. The summed E-state index contributed by atoms with van der Waals surface area (Å²) in [4.78, 5) is 4.45. The van der Waals surface area contributed by atoms with Crippen molar-refractivity contribution in [2.24, 2.45) is 0 Å². The van der Waals surface area contributed by atoms with Crippen LogP contribution in [0.15, 0.2) is 47.2 Å². The molecule has 3 aromatic rings. The number of rotatable bonds is 6. The van der Waals surface area contributed by atoms with Crippen molar-refractivity contribution in [3.05, 3.63) is 54.2 Å². The van der Waals surface area contributed by atoms with Crippen LogP contribution in [-0.4, -0.2) is 26.0 Å². The smallest absolute Gasteiger partial charge is 0.240 e. The summed E-state index contributed by atoms with van der Waals surface area (Å²) in [6, 6.07) is 10.2. The van der Waals surface area contributed by atoms with E-state index in [1.54, 1.807) is 6.20 Å². The number of hydrogen-bond donors (Lipinski definition) is 1. The molecular formula is C16H19N5O. The summed E-state index contributed by atoms with van der Waals surface area (Å²) in [5, 5.41) is 11.6. The fraction of sp³-hybridized carbons (Fsp3) is 0.312. The predicted octanol–water partition coefficient (Wildman–Crippen LogP) is 2.42. The summed E-state index contributed by atoms with van der Waals surface area (Å²) >= 11 is 0. The van der Waals surface area contributed by atoms with Crippen LogP contribution < -0.4 is 5.32 Å². The standard InChI is InChI=1S/C16H19N5O/c1-12-6-3-4-7-14(12)16-19-15(22-20-16)10-17-13(2)11-21-9-5-8-18-21/h3-9,13,17H,10-11H2,1-2H3/t13-/m1/s1. The molecule has 0 bridgehead atoms. The minimum Gasteiger partial charge on any atom is -0.338 e. The van der Waals surface area contributed by atoms with E-state index in [1.165, 1.54) is 0 Å². The minimum atomic E-state index is 0.258. The Morgan fingerprint density at radius 3 is 2.91 bits per heavy atom. The van der Waals surface area contributed by atoms with Crippen LogP contribution in [0.2, 0.25) is 0 Å². The second kappa shape index (κ2) is 6.53. The van der Waals surface area contributed by atoms with Crippen molar-refractivity contribution >= 4 is 0 Å². The van der Waals surface area contributed by atoms with Gasteiger partial charge < -0.3 is 9.84 Å². The quantitative estimate of drug-likeness (QED) is 0.756. The fourth-order valence-electron chi connectivity index (χ4n) is 2.27. The molecule has 6 heteroatoms. The van der Waals surface area contributed by atoms with Gasteiger partial charge in [0.2, 0.25) is 11.7 Å². The van der Waals surface area contributed by atoms with E-state index in [0.717, 1.165) is 17.7 Å². The van der Waals surface area contributed by atoms with Gasteiger partial charge in [0, 0.05) is 24.0 Å². The van der Waals surface area contributed by atoms with Crippen molar-refractivity contribution in [2.75, 3.05) is 0 Å². The van der Waals surface area contributed by atoms with Gasteiger partial charge in [-0.3, -0.25) is 4.68 Å². The van der Waals surface area contributed by atoms with Crippen molar-refractivity contribution < 1.29 is 4.52 Å². The van der Waals surface area contributed by atoms with Gasteiger partial charge in [0.15, 0.2) is 0 Å². The molecule has 22 heavy (non-hydrogen) atoms. The maximum Gasteiger partial charge on any atom is 0.240 e. The van der Waals surface area contributed by atoms with Crippen molar-refractivity contribution in [2.45, 2.75) is 33.0 Å². The predicted molar refractivity (Wildman–Crippen MR) is 83.0 cm³/mol. The van der Waals surface area contributed by atoms with Gasteiger partial charge in [0.1, 0.15) is 0 Å². The molecule has 0 aliphatic rings. The number of nitrogens with zero attached hydrogens (tertiary/aromatic N) is 4. The number of nitrogens with one attached hydrogen (secondary N) is 1. The van der Waals surface area contributed by atoms with Crippen molar-refractivity contribution in [1.82, 2.24) is 25.2 Å². The maximum atomic E-state index is 5.31. The highest BCUT2D eigenvalue weighted by Crippen LogP contribution is 2.19. The number of aryl methyl sites for hydroxylation is 1. The lowest BCUT2D eigenvalue weighted by Gasteiger charge is -2.11. The molecule has 3 rings (SSSR count). The number of aromatic nitrogens is 4. The van der Waals surface area contributed by atoms with Crippen molar-refractivity contribution in [1.29, 1.82) is 0 Å². The summed E-state index contributed by atoms with van der Waals surface area (Å²) in [6.45, 7) is 5.48. The number of benzene rings is 1.